The first-order valence-electron chi connectivity index (χ1n) is 7.82. The lowest BCUT2D eigenvalue weighted by molar-refractivity contribution is -0.130. The smallest absolute Gasteiger partial charge is 0.250 e. The van der Waals surface area contributed by atoms with Gasteiger partial charge in [-0.3, -0.25) is 9.59 Å². The Bertz CT molecular complexity index is 651. The van der Waals surface area contributed by atoms with Crippen LogP contribution in [0.25, 0.3) is 6.08 Å². The van der Waals surface area contributed by atoms with E-state index >= 15 is 0 Å². The molecule has 6 heteroatoms. The SMILES string of the molecule is O=C(NCCC(=O)N1CCCC1)C1=Cc2cc(Cl)ccc2OC1. The molecule has 1 fully saturated rings. The average Bonchev–Trinajstić information content (AvgIpc) is 3.08. The maximum atomic E-state index is 12.2. The van der Waals surface area contributed by atoms with Gasteiger partial charge < -0.3 is 15.0 Å². The molecular formula is C17H19ClN2O3. The zero-order chi connectivity index (χ0) is 16.2. The summed E-state index contributed by atoms with van der Waals surface area (Å²) in [5, 5.41) is 3.38. The molecule has 2 aliphatic heterocycles. The molecule has 122 valence electrons. The molecule has 1 N–H and O–H groups in total. The predicted octanol–water partition coefficient (Wildman–Crippen LogP) is 2.24. The highest BCUT2D eigenvalue weighted by atomic mass is 35.5. The van der Waals surface area contributed by atoms with Crippen LogP contribution < -0.4 is 10.1 Å². The zero-order valence-corrected chi connectivity index (χ0v) is 13.6. The number of halogens is 1. The van der Waals surface area contributed by atoms with Crippen molar-refractivity contribution in [2.45, 2.75) is 19.3 Å². The third-order valence-corrected chi connectivity index (χ3v) is 4.29. The number of ether oxygens (including phenoxy) is 1. The Morgan fingerprint density at radius 3 is 2.83 bits per heavy atom. The van der Waals surface area contributed by atoms with Gasteiger partial charge in [-0.1, -0.05) is 11.6 Å². The Balaban J connectivity index is 1.53. The molecule has 3 rings (SSSR count). The molecule has 0 aromatic heterocycles. The van der Waals surface area contributed by atoms with Crippen molar-refractivity contribution in [2.24, 2.45) is 0 Å². The highest BCUT2D eigenvalue weighted by molar-refractivity contribution is 6.30. The number of fused-ring (bicyclic) bond motifs is 1. The normalized spacial score (nSPS) is 16.4. The Kier molecular flexibility index (Phi) is 4.86. The maximum Gasteiger partial charge on any atom is 0.250 e. The first-order valence-corrected chi connectivity index (χ1v) is 8.20. The van der Waals surface area contributed by atoms with Crippen LogP contribution in [-0.4, -0.2) is 43.0 Å². The zero-order valence-electron chi connectivity index (χ0n) is 12.8. The fraction of sp³-hybridized carbons (Fsp3) is 0.412. The minimum Gasteiger partial charge on any atom is -0.488 e. The number of carbonyl (C=O) groups excluding carboxylic acids is 2. The first kappa shape index (κ1) is 15.9. The van der Waals surface area contributed by atoms with Crippen LogP contribution in [0.15, 0.2) is 23.8 Å². The number of carbonyl (C=O) groups is 2. The minimum atomic E-state index is -0.204. The van der Waals surface area contributed by atoms with E-state index in [4.69, 9.17) is 16.3 Å². The molecule has 1 aromatic carbocycles. The van der Waals surface area contributed by atoms with Gasteiger partial charge in [0, 0.05) is 36.6 Å². The van der Waals surface area contributed by atoms with Gasteiger partial charge in [0.25, 0.3) is 5.91 Å². The highest BCUT2D eigenvalue weighted by Crippen LogP contribution is 2.28. The Morgan fingerprint density at radius 1 is 1.26 bits per heavy atom. The van der Waals surface area contributed by atoms with E-state index < -0.39 is 0 Å². The molecule has 0 unspecified atom stereocenters. The number of nitrogens with zero attached hydrogens (tertiary/aromatic N) is 1. The van der Waals surface area contributed by atoms with Gasteiger partial charge in [-0.15, -0.1) is 0 Å². The third-order valence-electron chi connectivity index (χ3n) is 4.06. The number of nitrogens with one attached hydrogen (secondary N) is 1. The summed E-state index contributed by atoms with van der Waals surface area (Å²) in [5.41, 5.74) is 1.33. The van der Waals surface area contributed by atoms with E-state index in [-0.39, 0.29) is 18.4 Å². The lowest BCUT2D eigenvalue weighted by atomic mass is 10.1. The van der Waals surface area contributed by atoms with Crippen LogP contribution in [0.4, 0.5) is 0 Å². The maximum absolute atomic E-state index is 12.2. The fourth-order valence-corrected chi connectivity index (χ4v) is 2.98. The second-order valence-electron chi connectivity index (χ2n) is 5.73. The van der Waals surface area contributed by atoms with Gasteiger partial charge in [0.05, 0.1) is 5.57 Å². The molecule has 0 saturated carbocycles. The number of likely N-dealkylation sites (tertiary alicyclic amines) is 1. The van der Waals surface area contributed by atoms with Crippen molar-refractivity contribution in [1.82, 2.24) is 10.2 Å². The van der Waals surface area contributed by atoms with Gasteiger partial charge in [0.1, 0.15) is 12.4 Å². The summed E-state index contributed by atoms with van der Waals surface area (Å²) in [6.07, 6.45) is 4.26. The largest absolute Gasteiger partial charge is 0.488 e. The third kappa shape index (κ3) is 3.85. The molecule has 0 spiro atoms. The fourth-order valence-electron chi connectivity index (χ4n) is 2.80. The van der Waals surface area contributed by atoms with Crippen LogP contribution in [0.5, 0.6) is 5.75 Å². The minimum absolute atomic E-state index is 0.105. The second kappa shape index (κ2) is 7.04. The molecule has 0 bridgehead atoms. The summed E-state index contributed by atoms with van der Waals surface area (Å²) in [6, 6.07) is 5.31. The van der Waals surface area contributed by atoms with Crippen molar-refractivity contribution in [3.05, 3.63) is 34.4 Å². The average molecular weight is 335 g/mol. The summed E-state index contributed by atoms with van der Waals surface area (Å²) < 4.78 is 5.56. The van der Waals surface area contributed by atoms with E-state index in [1.165, 1.54) is 0 Å². The van der Waals surface area contributed by atoms with Gasteiger partial charge >= 0.3 is 0 Å². The number of benzene rings is 1. The summed E-state index contributed by atoms with van der Waals surface area (Å²) in [6.45, 7) is 2.24. The van der Waals surface area contributed by atoms with Gasteiger partial charge in [0.15, 0.2) is 0 Å². The van der Waals surface area contributed by atoms with Gasteiger partial charge in [-0.05, 0) is 37.1 Å². The van der Waals surface area contributed by atoms with E-state index in [9.17, 15) is 9.59 Å². The molecule has 5 nitrogen and oxygen atoms in total. The van der Waals surface area contributed by atoms with Crippen LogP contribution in [0.3, 0.4) is 0 Å². The van der Waals surface area contributed by atoms with Crippen LogP contribution in [0, 0.1) is 0 Å². The quantitative estimate of drug-likeness (QED) is 0.918. The summed E-state index contributed by atoms with van der Waals surface area (Å²) >= 11 is 5.96. The second-order valence-corrected chi connectivity index (χ2v) is 6.17. The molecular weight excluding hydrogens is 316 g/mol. The molecule has 1 aromatic rings. The van der Waals surface area contributed by atoms with Crippen LogP contribution in [0.2, 0.25) is 5.02 Å². The Hall–Kier alpha value is -2.01. The molecule has 2 heterocycles. The van der Waals surface area contributed by atoms with E-state index in [1.807, 2.05) is 4.90 Å². The monoisotopic (exact) mass is 334 g/mol. The van der Waals surface area contributed by atoms with Gasteiger partial charge in [0.2, 0.25) is 5.91 Å². The van der Waals surface area contributed by atoms with Crippen molar-refractivity contribution < 1.29 is 14.3 Å². The summed E-state index contributed by atoms with van der Waals surface area (Å²) in [7, 11) is 0. The van der Waals surface area contributed by atoms with Crippen LogP contribution >= 0.6 is 11.6 Å². The standard InChI is InChI=1S/C17H19ClN2O3/c18-14-3-4-15-12(10-14)9-13(11-23-15)17(22)19-6-5-16(21)20-7-1-2-8-20/h3-4,9-10H,1-2,5-8,11H2,(H,19,22). The molecule has 0 radical (unpaired) electrons. The van der Waals surface area contributed by atoms with Crippen LogP contribution in [-0.2, 0) is 9.59 Å². The number of hydrogen-bond acceptors (Lipinski definition) is 3. The van der Waals surface area contributed by atoms with Gasteiger partial charge in [-0.25, -0.2) is 0 Å². The Morgan fingerprint density at radius 2 is 2.04 bits per heavy atom. The first-order chi connectivity index (χ1) is 11.1. The van der Waals surface area contributed by atoms with Crippen molar-refractivity contribution in [3.8, 4) is 5.75 Å². The van der Waals surface area contributed by atoms with Crippen molar-refractivity contribution >= 4 is 29.5 Å². The van der Waals surface area contributed by atoms with E-state index in [0.717, 1.165) is 37.2 Å². The number of rotatable bonds is 4. The number of amides is 2. The lowest BCUT2D eigenvalue weighted by Gasteiger charge is -2.18. The molecule has 2 aliphatic rings. The van der Waals surface area contributed by atoms with Crippen LogP contribution in [0.1, 0.15) is 24.8 Å². The molecule has 0 atom stereocenters. The topological polar surface area (TPSA) is 58.6 Å². The van der Waals surface area contributed by atoms with E-state index in [1.54, 1.807) is 24.3 Å². The Labute approximate surface area is 140 Å². The molecule has 1 saturated heterocycles. The summed E-state index contributed by atoms with van der Waals surface area (Å²) in [5.74, 6) is 0.619. The summed E-state index contributed by atoms with van der Waals surface area (Å²) in [4.78, 5) is 26.0. The molecule has 0 aliphatic carbocycles. The lowest BCUT2D eigenvalue weighted by Crippen LogP contribution is -2.34. The number of hydrogen-bond donors (Lipinski definition) is 1. The van der Waals surface area contributed by atoms with Crippen molar-refractivity contribution in [2.75, 3.05) is 26.2 Å². The van der Waals surface area contributed by atoms with E-state index in [2.05, 4.69) is 5.32 Å². The van der Waals surface area contributed by atoms with E-state index in [0.29, 0.717) is 23.6 Å². The van der Waals surface area contributed by atoms with Gasteiger partial charge in [-0.2, -0.15) is 0 Å². The predicted molar refractivity (Wildman–Crippen MR) is 88.4 cm³/mol. The highest BCUT2D eigenvalue weighted by Gasteiger charge is 2.19. The van der Waals surface area contributed by atoms with Crippen molar-refractivity contribution in [1.29, 1.82) is 0 Å². The molecule has 23 heavy (non-hydrogen) atoms. The molecule has 2 amide bonds. The van der Waals surface area contributed by atoms with Crippen molar-refractivity contribution in [3.63, 3.8) is 0 Å².